The molecule has 0 radical (unpaired) electrons. The lowest BCUT2D eigenvalue weighted by atomic mass is 10.1. The Kier molecular flexibility index (Phi) is 6.43. The van der Waals surface area contributed by atoms with Crippen molar-refractivity contribution < 1.29 is 19.5 Å². The van der Waals surface area contributed by atoms with Gasteiger partial charge in [0.15, 0.2) is 0 Å². The van der Waals surface area contributed by atoms with Crippen LogP contribution in [-0.4, -0.2) is 33.8 Å². The van der Waals surface area contributed by atoms with Crippen LogP contribution in [0.1, 0.15) is 52.6 Å². The number of hydrogen-bond acceptors (Lipinski definition) is 6. The summed E-state index contributed by atoms with van der Waals surface area (Å²) in [6.07, 6.45) is 0.780. The monoisotopic (exact) mass is 461 g/mol. The molecule has 1 fully saturated rings. The molecule has 0 spiro atoms. The maximum atomic E-state index is 12.4. The van der Waals surface area contributed by atoms with Gasteiger partial charge in [-0.15, -0.1) is 11.3 Å². The number of aliphatic hydroxyl groups is 1. The van der Waals surface area contributed by atoms with E-state index in [-0.39, 0.29) is 24.1 Å². The van der Waals surface area contributed by atoms with E-state index in [1.165, 1.54) is 11.3 Å². The second-order valence-corrected chi connectivity index (χ2v) is 9.37. The fraction of sp³-hybridized carbons (Fsp3) is 0.409. The highest BCUT2D eigenvalue weighted by molar-refractivity contribution is 7.10. The molecule has 0 aliphatic carbocycles. The van der Waals surface area contributed by atoms with Crippen LogP contribution in [0.3, 0.4) is 0 Å². The maximum Gasteiger partial charge on any atom is 0.244 e. The molecule has 2 aliphatic rings. The second kappa shape index (κ2) is 9.08. The molecule has 7 nitrogen and oxygen atoms in total. The molecule has 2 aliphatic heterocycles. The smallest absolute Gasteiger partial charge is 0.244 e. The van der Waals surface area contributed by atoms with Crippen molar-refractivity contribution in [2.45, 2.75) is 58.0 Å². The first-order chi connectivity index (χ1) is 14.8. The third kappa shape index (κ3) is 4.67. The van der Waals surface area contributed by atoms with Crippen molar-refractivity contribution in [2.75, 3.05) is 0 Å². The molecule has 1 saturated heterocycles. The zero-order valence-electron chi connectivity index (χ0n) is 17.1. The second-order valence-electron chi connectivity index (χ2n) is 8.00. The highest BCUT2D eigenvalue weighted by Gasteiger charge is 2.40. The molecular weight excluding hydrogens is 438 g/mol. The van der Waals surface area contributed by atoms with E-state index in [4.69, 9.17) is 11.6 Å². The van der Waals surface area contributed by atoms with Gasteiger partial charge in [0.2, 0.25) is 17.7 Å². The average molecular weight is 462 g/mol. The number of carbonyl (C=O) groups is 3. The summed E-state index contributed by atoms with van der Waals surface area (Å²) < 4.78 is 0. The number of benzene rings is 1. The number of halogens is 1. The first-order valence-corrected chi connectivity index (χ1v) is 11.5. The van der Waals surface area contributed by atoms with E-state index in [0.29, 0.717) is 37.4 Å². The number of amides is 3. The van der Waals surface area contributed by atoms with Crippen LogP contribution in [0.4, 0.5) is 0 Å². The van der Waals surface area contributed by atoms with Crippen LogP contribution in [0.15, 0.2) is 23.6 Å². The van der Waals surface area contributed by atoms with Crippen LogP contribution in [0.2, 0.25) is 5.02 Å². The number of imide groups is 1. The van der Waals surface area contributed by atoms with Gasteiger partial charge in [-0.1, -0.05) is 23.7 Å². The van der Waals surface area contributed by atoms with E-state index in [1.54, 1.807) is 11.0 Å². The highest BCUT2D eigenvalue weighted by Crippen LogP contribution is 2.40. The summed E-state index contributed by atoms with van der Waals surface area (Å²) >= 11 is 7.62. The Morgan fingerprint density at radius 3 is 2.97 bits per heavy atom. The molecule has 1 aromatic carbocycles. The molecule has 2 atom stereocenters. The highest BCUT2D eigenvalue weighted by atomic mass is 35.5. The molecule has 3 N–H and O–H groups in total. The quantitative estimate of drug-likeness (QED) is 0.594. The van der Waals surface area contributed by atoms with Crippen molar-refractivity contribution in [1.82, 2.24) is 15.5 Å². The van der Waals surface area contributed by atoms with Gasteiger partial charge in [-0.3, -0.25) is 24.6 Å². The lowest BCUT2D eigenvalue weighted by Crippen LogP contribution is -2.46. The number of rotatable bonds is 5. The van der Waals surface area contributed by atoms with Gasteiger partial charge in [-0.2, -0.15) is 0 Å². The number of aliphatic hydroxyl groups excluding tert-OH is 1. The first-order valence-electron chi connectivity index (χ1n) is 10.2. The van der Waals surface area contributed by atoms with E-state index in [1.807, 2.05) is 24.4 Å². The zero-order chi connectivity index (χ0) is 22.1. The van der Waals surface area contributed by atoms with E-state index in [0.717, 1.165) is 27.1 Å². The number of aryl methyl sites for hydroxylation is 1. The predicted octanol–water partition coefficient (Wildman–Crippen LogP) is 2.57. The number of nitrogens with zero attached hydrogens (tertiary/aromatic N) is 1. The summed E-state index contributed by atoms with van der Waals surface area (Å²) in [5, 5.41) is 18.6. The average Bonchev–Trinajstić information content (AvgIpc) is 3.21. The van der Waals surface area contributed by atoms with Gasteiger partial charge in [0, 0.05) is 28.4 Å². The molecule has 4 rings (SSSR count). The fourth-order valence-corrected chi connectivity index (χ4v) is 5.29. The molecule has 9 heteroatoms. The number of nitrogens with one attached hydrogen (secondary N) is 2. The first kappa shape index (κ1) is 22.0. The standard InChI is InChI=1S/C22H24ClN3O4S/c1-12-5-6-13(7-16(12)23)8-20(28)24-9-18-14-10-26(22(30)15(14)11-31-18)17-3-2-4-19(27)25-21(17)29/h5-7,11,17,22,30H,2-4,8-10H2,1H3,(H,24,28)(H,25,27,29)/t17-,22?/m0/s1. The minimum Gasteiger partial charge on any atom is -0.374 e. The molecule has 0 bridgehead atoms. The fourth-order valence-electron chi connectivity index (χ4n) is 4.07. The van der Waals surface area contributed by atoms with Gasteiger partial charge in [-0.05, 0) is 47.9 Å². The lowest BCUT2D eigenvalue weighted by Gasteiger charge is -2.28. The Morgan fingerprint density at radius 2 is 2.19 bits per heavy atom. The van der Waals surface area contributed by atoms with Crippen LogP contribution in [0, 0.1) is 6.92 Å². The van der Waals surface area contributed by atoms with Gasteiger partial charge < -0.3 is 10.4 Å². The van der Waals surface area contributed by atoms with Crippen LogP contribution in [-0.2, 0) is 33.9 Å². The minimum absolute atomic E-state index is 0.112. The molecule has 164 valence electrons. The van der Waals surface area contributed by atoms with Gasteiger partial charge in [0.25, 0.3) is 0 Å². The Labute approximate surface area is 189 Å². The predicted molar refractivity (Wildman–Crippen MR) is 117 cm³/mol. The Balaban J connectivity index is 1.39. The van der Waals surface area contributed by atoms with Gasteiger partial charge >= 0.3 is 0 Å². The number of thiophene rings is 1. The molecular formula is C22H24ClN3O4S. The SMILES string of the molecule is Cc1ccc(CC(=O)NCc2scc3c2CN([C@H]2CCCC(=O)NC2=O)C3O)cc1Cl. The van der Waals surface area contributed by atoms with Crippen LogP contribution in [0.5, 0.6) is 0 Å². The van der Waals surface area contributed by atoms with Crippen molar-refractivity contribution in [1.29, 1.82) is 0 Å². The summed E-state index contributed by atoms with van der Waals surface area (Å²) in [7, 11) is 0. The maximum absolute atomic E-state index is 12.4. The number of fused-ring (bicyclic) bond motifs is 1. The van der Waals surface area contributed by atoms with E-state index in [2.05, 4.69) is 10.6 Å². The van der Waals surface area contributed by atoms with Crippen LogP contribution >= 0.6 is 22.9 Å². The summed E-state index contributed by atoms with van der Waals surface area (Å²) in [4.78, 5) is 39.1. The molecule has 3 heterocycles. The molecule has 0 saturated carbocycles. The molecule has 1 unspecified atom stereocenters. The van der Waals surface area contributed by atoms with Gasteiger partial charge in [0.05, 0.1) is 19.0 Å². The van der Waals surface area contributed by atoms with Crippen LogP contribution < -0.4 is 10.6 Å². The molecule has 3 amide bonds. The van der Waals surface area contributed by atoms with Crippen molar-refractivity contribution in [3.63, 3.8) is 0 Å². The molecule has 31 heavy (non-hydrogen) atoms. The largest absolute Gasteiger partial charge is 0.374 e. The Bertz CT molecular complexity index is 1040. The summed E-state index contributed by atoms with van der Waals surface area (Å²) in [5.74, 6) is -0.741. The van der Waals surface area contributed by atoms with Crippen LogP contribution in [0.25, 0.3) is 0 Å². The van der Waals surface area contributed by atoms with Crippen molar-refractivity contribution in [3.05, 3.63) is 55.7 Å². The van der Waals surface area contributed by atoms with Gasteiger partial charge in [0.1, 0.15) is 6.23 Å². The zero-order valence-corrected chi connectivity index (χ0v) is 18.7. The van der Waals surface area contributed by atoms with Crippen molar-refractivity contribution >= 4 is 40.7 Å². The minimum atomic E-state index is -0.894. The number of hydrogen-bond donors (Lipinski definition) is 3. The molecule has 1 aromatic heterocycles. The normalized spacial score (nSPS) is 21.5. The van der Waals surface area contributed by atoms with E-state index < -0.39 is 12.3 Å². The van der Waals surface area contributed by atoms with E-state index in [9.17, 15) is 19.5 Å². The summed E-state index contributed by atoms with van der Waals surface area (Å²) in [6.45, 7) is 2.68. The number of carbonyl (C=O) groups excluding carboxylic acids is 3. The Hall–Kier alpha value is -2.26. The summed E-state index contributed by atoms with van der Waals surface area (Å²) in [6, 6.07) is 5.04. The van der Waals surface area contributed by atoms with Crippen molar-refractivity contribution in [3.8, 4) is 0 Å². The lowest BCUT2D eigenvalue weighted by molar-refractivity contribution is -0.135. The van der Waals surface area contributed by atoms with Gasteiger partial charge in [-0.25, -0.2) is 0 Å². The van der Waals surface area contributed by atoms with Crippen molar-refractivity contribution in [2.24, 2.45) is 0 Å². The van der Waals surface area contributed by atoms with E-state index >= 15 is 0 Å². The third-order valence-corrected chi connectivity index (χ3v) is 7.29. The Morgan fingerprint density at radius 1 is 1.39 bits per heavy atom. The third-order valence-electron chi connectivity index (χ3n) is 5.84. The molecule has 2 aromatic rings. The topological polar surface area (TPSA) is 98.7 Å². The summed E-state index contributed by atoms with van der Waals surface area (Å²) in [5.41, 5.74) is 3.53.